The highest BCUT2D eigenvalue weighted by atomic mass is 35.5. The number of aromatic nitrogens is 3. The van der Waals surface area contributed by atoms with Crippen LogP contribution in [0.25, 0.3) is 5.69 Å². The molecule has 1 aromatic heterocycles. The summed E-state index contributed by atoms with van der Waals surface area (Å²) in [5.41, 5.74) is 4.12. The third-order valence-corrected chi connectivity index (χ3v) is 4.63. The van der Waals surface area contributed by atoms with Gasteiger partial charge in [-0.2, -0.15) is 0 Å². The van der Waals surface area contributed by atoms with Crippen LogP contribution in [0.5, 0.6) is 0 Å². The molecule has 2 heterocycles. The highest BCUT2D eigenvalue weighted by molar-refractivity contribution is 6.35. The van der Waals surface area contributed by atoms with Crippen molar-refractivity contribution in [1.29, 1.82) is 0 Å². The van der Waals surface area contributed by atoms with E-state index in [0.29, 0.717) is 17.1 Å². The van der Waals surface area contributed by atoms with Gasteiger partial charge in [0.15, 0.2) is 5.82 Å². The van der Waals surface area contributed by atoms with E-state index in [4.69, 9.17) is 16.6 Å². The predicted molar refractivity (Wildman–Crippen MR) is 97.2 cm³/mol. The SMILES string of the molecule is [CH2]C(O)c1ccc2c(c1)C(c1ccccc1Cl)=NCc1nnc(C)n1-2. The first-order chi connectivity index (χ1) is 12.1. The maximum atomic E-state index is 9.91. The Balaban J connectivity index is 2.02. The first-order valence-electron chi connectivity index (χ1n) is 7.92. The summed E-state index contributed by atoms with van der Waals surface area (Å²) in [4.78, 5) is 4.76. The third-order valence-electron chi connectivity index (χ3n) is 4.30. The Morgan fingerprint density at radius 2 is 1.96 bits per heavy atom. The first-order valence-corrected chi connectivity index (χ1v) is 8.30. The number of fused-ring (bicyclic) bond motifs is 3. The van der Waals surface area contributed by atoms with Gasteiger partial charge in [-0.1, -0.05) is 35.9 Å². The van der Waals surface area contributed by atoms with Crippen molar-refractivity contribution in [2.75, 3.05) is 0 Å². The lowest BCUT2D eigenvalue weighted by atomic mass is 9.97. The molecule has 5 nitrogen and oxygen atoms in total. The molecule has 1 atom stereocenters. The van der Waals surface area contributed by atoms with Gasteiger partial charge in [-0.05, 0) is 37.6 Å². The van der Waals surface area contributed by atoms with Gasteiger partial charge in [0.05, 0.1) is 17.5 Å². The smallest absolute Gasteiger partial charge is 0.159 e. The normalized spacial score (nSPS) is 14.3. The number of rotatable bonds is 2. The molecule has 1 radical (unpaired) electrons. The summed E-state index contributed by atoms with van der Waals surface area (Å²) in [6.07, 6.45) is -0.817. The molecule has 0 saturated carbocycles. The minimum absolute atomic E-state index is 0.401. The number of aryl methyl sites for hydroxylation is 1. The van der Waals surface area contributed by atoms with E-state index in [-0.39, 0.29) is 0 Å². The summed E-state index contributed by atoms with van der Waals surface area (Å²) in [5, 5.41) is 18.9. The number of aliphatic hydroxyl groups is 1. The van der Waals surface area contributed by atoms with Crippen LogP contribution in [0, 0.1) is 13.8 Å². The van der Waals surface area contributed by atoms with Crippen molar-refractivity contribution in [2.24, 2.45) is 4.99 Å². The van der Waals surface area contributed by atoms with E-state index in [9.17, 15) is 5.11 Å². The van der Waals surface area contributed by atoms with Gasteiger partial charge in [0.25, 0.3) is 0 Å². The molecule has 125 valence electrons. The molecule has 2 aromatic carbocycles. The Labute approximate surface area is 150 Å². The van der Waals surface area contributed by atoms with E-state index >= 15 is 0 Å². The number of aliphatic hydroxyl groups excluding tert-OH is 1. The van der Waals surface area contributed by atoms with Crippen LogP contribution in [-0.2, 0) is 6.54 Å². The highest BCUT2D eigenvalue weighted by Gasteiger charge is 2.23. The van der Waals surface area contributed by atoms with E-state index in [1.807, 2.05) is 54.0 Å². The molecule has 0 fully saturated rings. The van der Waals surface area contributed by atoms with Crippen LogP contribution in [-0.4, -0.2) is 25.6 Å². The van der Waals surface area contributed by atoms with E-state index in [1.165, 1.54) is 0 Å². The molecule has 1 N–H and O–H groups in total. The fourth-order valence-corrected chi connectivity index (χ4v) is 3.31. The summed E-state index contributed by atoms with van der Waals surface area (Å²) in [6, 6.07) is 13.3. The Morgan fingerprint density at radius 3 is 2.72 bits per heavy atom. The average molecular weight is 352 g/mol. The van der Waals surface area contributed by atoms with Crippen LogP contribution in [0.1, 0.15) is 34.4 Å². The zero-order valence-electron chi connectivity index (χ0n) is 13.6. The van der Waals surface area contributed by atoms with Crippen molar-refractivity contribution in [1.82, 2.24) is 14.8 Å². The monoisotopic (exact) mass is 351 g/mol. The molecular weight excluding hydrogens is 336 g/mol. The molecule has 3 aromatic rings. The molecule has 1 unspecified atom stereocenters. The lowest BCUT2D eigenvalue weighted by Crippen LogP contribution is -2.10. The fourth-order valence-electron chi connectivity index (χ4n) is 3.09. The van der Waals surface area contributed by atoms with Crippen LogP contribution < -0.4 is 0 Å². The number of benzene rings is 2. The Bertz CT molecular complexity index is 991. The van der Waals surface area contributed by atoms with Gasteiger partial charge in [0.2, 0.25) is 0 Å². The summed E-state index contributed by atoms with van der Waals surface area (Å²) >= 11 is 6.42. The standard InChI is InChI=1S/C19H16ClN4O/c1-11(25)13-7-8-17-15(9-13)19(14-5-3-4-6-16(14)20)21-10-18-23-22-12(2)24(17)18/h3-9,11,25H,1,10H2,2H3. The van der Waals surface area contributed by atoms with Crippen LogP contribution in [0.4, 0.5) is 0 Å². The minimum Gasteiger partial charge on any atom is -0.388 e. The predicted octanol–water partition coefficient (Wildman–Crippen LogP) is 3.45. The van der Waals surface area contributed by atoms with Crippen LogP contribution in [0.2, 0.25) is 5.02 Å². The molecule has 0 bridgehead atoms. The van der Waals surface area contributed by atoms with Crippen molar-refractivity contribution in [2.45, 2.75) is 19.6 Å². The number of aliphatic imine (C=N–C) groups is 1. The van der Waals surface area contributed by atoms with Crippen LogP contribution >= 0.6 is 11.6 Å². The van der Waals surface area contributed by atoms with Gasteiger partial charge in [-0.25, -0.2) is 0 Å². The van der Waals surface area contributed by atoms with Crippen LogP contribution in [0.15, 0.2) is 47.5 Å². The second-order valence-corrected chi connectivity index (χ2v) is 6.34. The molecule has 0 spiro atoms. The summed E-state index contributed by atoms with van der Waals surface area (Å²) in [5.74, 6) is 1.55. The van der Waals surface area contributed by atoms with Crippen LogP contribution in [0.3, 0.4) is 0 Å². The number of hydrogen-bond acceptors (Lipinski definition) is 4. The molecule has 0 aliphatic carbocycles. The first kappa shape index (κ1) is 16.0. The van der Waals surface area contributed by atoms with E-state index in [1.54, 1.807) is 0 Å². The summed E-state index contributed by atoms with van der Waals surface area (Å²) < 4.78 is 1.99. The lowest BCUT2D eigenvalue weighted by molar-refractivity contribution is 0.226. The molecule has 1 aliphatic heterocycles. The van der Waals surface area contributed by atoms with Crippen molar-refractivity contribution in [3.8, 4) is 5.69 Å². The third kappa shape index (κ3) is 2.65. The fraction of sp³-hybridized carbons (Fsp3) is 0.158. The van der Waals surface area contributed by atoms with Gasteiger partial charge in [-0.3, -0.25) is 9.56 Å². The second-order valence-electron chi connectivity index (χ2n) is 5.94. The number of halogens is 1. The van der Waals surface area contributed by atoms with E-state index in [2.05, 4.69) is 17.1 Å². The second kappa shape index (κ2) is 6.10. The Morgan fingerprint density at radius 1 is 1.16 bits per heavy atom. The van der Waals surface area contributed by atoms with Crippen molar-refractivity contribution < 1.29 is 5.11 Å². The highest BCUT2D eigenvalue weighted by Crippen LogP contribution is 2.30. The van der Waals surface area contributed by atoms with Gasteiger partial charge >= 0.3 is 0 Å². The molecule has 0 amide bonds. The number of nitrogens with zero attached hydrogens (tertiary/aromatic N) is 4. The molecule has 4 rings (SSSR count). The maximum Gasteiger partial charge on any atom is 0.159 e. The summed E-state index contributed by atoms with van der Waals surface area (Å²) in [6.45, 7) is 6.02. The number of hydrogen-bond donors (Lipinski definition) is 1. The topological polar surface area (TPSA) is 63.3 Å². The van der Waals surface area contributed by atoms with E-state index < -0.39 is 6.10 Å². The lowest BCUT2D eigenvalue weighted by Gasteiger charge is -2.16. The van der Waals surface area contributed by atoms with Gasteiger partial charge in [0.1, 0.15) is 12.4 Å². The molecule has 25 heavy (non-hydrogen) atoms. The van der Waals surface area contributed by atoms with Crippen molar-refractivity contribution >= 4 is 17.3 Å². The minimum atomic E-state index is -0.817. The summed E-state index contributed by atoms with van der Waals surface area (Å²) in [7, 11) is 0. The molecule has 0 saturated heterocycles. The molecule has 6 heteroatoms. The van der Waals surface area contributed by atoms with Gasteiger partial charge in [0, 0.05) is 16.1 Å². The average Bonchev–Trinajstić information content (AvgIpc) is 2.88. The maximum absolute atomic E-state index is 9.91. The zero-order chi connectivity index (χ0) is 17.6. The largest absolute Gasteiger partial charge is 0.388 e. The quantitative estimate of drug-likeness (QED) is 0.769. The molecule has 1 aliphatic rings. The molecular formula is C19H16ClN4O. The Kier molecular flexibility index (Phi) is 3.90. The van der Waals surface area contributed by atoms with Gasteiger partial charge < -0.3 is 5.11 Å². The van der Waals surface area contributed by atoms with Gasteiger partial charge in [-0.15, -0.1) is 10.2 Å². The van der Waals surface area contributed by atoms with Crippen molar-refractivity contribution in [3.63, 3.8) is 0 Å². The van der Waals surface area contributed by atoms with E-state index in [0.717, 1.165) is 34.2 Å². The zero-order valence-corrected chi connectivity index (χ0v) is 14.4. The Hall–Kier alpha value is -2.50. The van der Waals surface area contributed by atoms with Crippen molar-refractivity contribution in [3.05, 3.63) is 82.8 Å².